The Labute approximate surface area is 201 Å². The fourth-order valence-electron chi connectivity index (χ4n) is 4.08. The van der Waals surface area contributed by atoms with Crippen molar-refractivity contribution in [2.75, 3.05) is 19.7 Å². The van der Waals surface area contributed by atoms with E-state index >= 15 is 0 Å². The molecule has 1 fully saturated rings. The van der Waals surface area contributed by atoms with Crippen molar-refractivity contribution < 1.29 is 18.3 Å². The van der Waals surface area contributed by atoms with Crippen LogP contribution in [0.15, 0.2) is 34.2 Å². The van der Waals surface area contributed by atoms with Crippen LogP contribution in [-0.2, 0) is 16.6 Å². The number of β-amino-alcohol motifs (C(OH)–C–C–N with tert-alkyl or cyclic N) is 1. The van der Waals surface area contributed by atoms with Crippen LogP contribution in [0.1, 0.15) is 33.1 Å². The molecule has 3 aromatic heterocycles. The summed E-state index contributed by atoms with van der Waals surface area (Å²) in [5, 5.41) is 17.5. The molecule has 1 aromatic carbocycles. The minimum absolute atomic E-state index is 0.0605. The van der Waals surface area contributed by atoms with Crippen LogP contribution in [-0.4, -0.2) is 72.8 Å². The van der Waals surface area contributed by atoms with E-state index in [0.29, 0.717) is 47.1 Å². The summed E-state index contributed by atoms with van der Waals surface area (Å²) < 4.78 is 36.2. The van der Waals surface area contributed by atoms with E-state index in [0.717, 1.165) is 19.3 Å². The summed E-state index contributed by atoms with van der Waals surface area (Å²) in [4.78, 5) is 21.1. The molecule has 5 rings (SSSR count). The van der Waals surface area contributed by atoms with Crippen LogP contribution in [0.3, 0.4) is 0 Å². The fraction of sp³-hybridized carbons (Fsp3) is 0.455. The number of nitrogens with zero attached hydrogens (tertiary/aromatic N) is 6. The number of rotatable bonds is 9. The number of aromatic amines is 1. The van der Waals surface area contributed by atoms with Gasteiger partial charge in [-0.15, -0.1) is 10.2 Å². The standard InChI is InChI=1S/C22H27N7O5S/c1-3-5-8-28-20-18(21-26-23-13-29(21)22(28)31)24-19(25-20)16-10-15(6-7-17(16)34-9-4-2)35(32,33)27-11-14(30)12-27/h6-7,10,13-14,30H,3-5,8-9,11-12H2,1-2H3,(H,24,25). The molecule has 0 unspecified atom stereocenters. The van der Waals surface area contributed by atoms with Crippen LogP contribution in [0, 0.1) is 0 Å². The first kappa shape index (κ1) is 23.5. The smallest absolute Gasteiger partial charge is 0.336 e. The van der Waals surface area contributed by atoms with Crippen LogP contribution < -0.4 is 10.4 Å². The number of sulfonamides is 1. The minimum Gasteiger partial charge on any atom is -0.493 e. The highest BCUT2D eigenvalue weighted by molar-refractivity contribution is 7.89. The summed E-state index contributed by atoms with van der Waals surface area (Å²) in [6.07, 6.45) is 3.15. The van der Waals surface area contributed by atoms with Crippen LogP contribution in [0.4, 0.5) is 0 Å². The number of H-pyrrole nitrogens is 1. The van der Waals surface area contributed by atoms with Gasteiger partial charge in [-0.25, -0.2) is 22.6 Å². The van der Waals surface area contributed by atoms with Crippen LogP contribution >= 0.6 is 0 Å². The molecule has 0 bridgehead atoms. The molecule has 1 aliphatic heterocycles. The maximum Gasteiger partial charge on any atom is 0.336 e. The van der Waals surface area contributed by atoms with Crippen LogP contribution in [0.5, 0.6) is 5.75 Å². The first-order valence-electron chi connectivity index (χ1n) is 11.6. The summed E-state index contributed by atoms with van der Waals surface area (Å²) in [5.74, 6) is 0.820. The number of hydrogen-bond donors (Lipinski definition) is 2. The van der Waals surface area contributed by atoms with Crippen molar-refractivity contribution in [2.45, 2.75) is 50.7 Å². The van der Waals surface area contributed by atoms with E-state index in [1.165, 1.54) is 27.2 Å². The molecular formula is C22H27N7O5S. The number of aromatic nitrogens is 6. The van der Waals surface area contributed by atoms with E-state index in [1.54, 1.807) is 10.6 Å². The Kier molecular flexibility index (Phi) is 6.07. The topological polar surface area (TPSA) is 148 Å². The highest BCUT2D eigenvalue weighted by Gasteiger charge is 2.36. The minimum atomic E-state index is -3.79. The van der Waals surface area contributed by atoms with Crippen LogP contribution in [0.2, 0.25) is 0 Å². The van der Waals surface area contributed by atoms with E-state index in [-0.39, 0.29) is 23.7 Å². The highest BCUT2D eigenvalue weighted by Crippen LogP contribution is 2.34. The number of aryl methyl sites for hydroxylation is 1. The van der Waals surface area contributed by atoms with Crippen molar-refractivity contribution in [1.29, 1.82) is 0 Å². The van der Waals surface area contributed by atoms with E-state index in [1.807, 2.05) is 13.8 Å². The van der Waals surface area contributed by atoms with E-state index in [2.05, 4.69) is 15.2 Å². The Morgan fingerprint density at radius 1 is 1.20 bits per heavy atom. The number of nitrogens with one attached hydrogen (secondary N) is 1. The van der Waals surface area contributed by atoms with Gasteiger partial charge in [-0.1, -0.05) is 20.3 Å². The number of hydrogen-bond acceptors (Lipinski definition) is 8. The third kappa shape index (κ3) is 3.98. The van der Waals surface area contributed by atoms with Gasteiger partial charge in [0.1, 0.15) is 23.4 Å². The summed E-state index contributed by atoms with van der Waals surface area (Å²) in [5.41, 5.74) is 1.43. The normalized spacial score (nSPS) is 15.2. The Morgan fingerprint density at radius 3 is 2.71 bits per heavy atom. The molecule has 0 atom stereocenters. The molecule has 0 spiro atoms. The molecule has 1 aliphatic rings. The monoisotopic (exact) mass is 501 g/mol. The van der Waals surface area contributed by atoms with E-state index in [4.69, 9.17) is 9.72 Å². The molecule has 0 saturated carbocycles. The highest BCUT2D eigenvalue weighted by atomic mass is 32.2. The maximum absolute atomic E-state index is 13.1. The Hall–Kier alpha value is -3.29. The first-order valence-corrected chi connectivity index (χ1v) is 13.1. The molecule has 0 amide bonds. The van der Waals surface area contributed by atoms with Crippen molar-refractivity contribution >= 4 is 26.8 Å². The van der Waals surface area contributed by atoms with Gasteiger partial charge in [-0.05, 0) is 31.0 Å². The number of fused-ring (bicyclic) bond motifs is 3. The van der Waals surface area contributed by atoms with Crippen molar-refractivity contribution in [3.8, 4) is 17.1 Å². The third-order valence-electron chi connectivity index (χ3n) is 6.02. The van der Waals surface area contributed by atoms with Gasteiger partial charge in [0, 0.05) is 19.6 Å². The largest absolute Gasteiger partial charge is 0.493 e. The van der Waals surface area contributed by atoms with Gasteiger partial charge in [0.05, 0.1) is 23.2 Å². The lowest BCUT2D eigenvalue weighted by atomic mass is 10.2. The number of ether oxygens (including phenoxy) is 1. The second kappa shape index (κ2) is 9.06. The number of benzene rings is 1. The molecule has 4 aromatic rings. The molecule has 2 N–H and O–H groups in total. The van der Waals surface area contributed by atoms with E-state index in [9.17, 15) is 18.3 Å². The molecule has 1 saturated heterocycles. The SMILES string of the molecule is CCCCn1c(=O)n2cnnc2c2[nH]c(-c3cc(S(=O)(=O)N4CC(O)C4)ccc3OCCC)nc21. The number of unbranched alkanes of at least 4 members (excludes halogenated alkanes) is 1. The molecule has 4 heterocycles. The summed E-state index contributed by atoms with van der Waals surface area (Å²) in [6.45, 7) is 5.04. The van der Waals surface area contributed by atoms with Gasteiger partial charge >= 0.3 is 5.69 Å². The predicted octanol–water partition coefficient (Wildman–Crippen LogP) is 1.39. The second-order valence-corrected chi connectivity index (χ2v) is 10.5. The van der Waals surface area contributed by atoms with Crippen molar-refractivity contribution in [3.05, 3.63) is 35.0 Å². The molecule has 12 nitrogen and oxygen atoms in total. The molecule has 0 radical (unpaired) electrons. The lowest BCUT2D eigenvalue weighted by molar-refractivity contribution is 0.0548. The van der Waals surface area contributed by atoms with Gasteiger partial charge in [0.2, 0.25) is 10.0 Å². The second-order valence-electron chi connectivity index (χ2n) is 8.58. The van der Waals surface area contributed by atoms with Gasteiger partial charge in [-0.3, -0.25) is 4.57 Å². The Morgan fingerprint density at radius 2 is 2.00 bits per heavy atom. The van der Waals surface area contributed by atoms with Crippen molar-refractivity contribution in [1.82, 2.24) is 33.4 Å². The summed E-state index contributed by atoms with van der Waals surface area (Å²) in [6, 6.07) is 4.61. The average Bonchev–Trinajstić information content (AvgIpc) is 3.48. The first-order chi connectivity index (χ1) is 16.8. The number of imidazole rings is 1. The Bertz CT molecular complexity index is 1550. The van der Waals surface area contributed by atoms with E-state index < -0.39 is 16.1 Å². The molecule has 0 aliphatic carbocycles. The fourth-order valence-corrected chi connectivity index (χ4v) is 5.62. The van der Waals surface area contributed by atoms with Gasteiger partial charge in [0.25, 0.3) is 0 Å². The number of aliphatic hydroxyl groups excluding tert-OH is 1. The quantitative estimate of drug-likeness (QED) is 0.350. The Balaban J connectivity index is 1.69. The zero-order chi connectivity index (χ0) is 24.7. The predicted molar refractivity (Wildman–Crippen MR) is 128 cm³/mol. The van der Waals surface area contributed by atoms with Gasteiger partial charge in [-0.2, -0.15) is 4.31 Å². The van der Waals surface area contributed by atoms with Crippen molar-refractivity contribution in [2.24, 2.45) is 0 Å². The molecular weight excluding hydrogens is 474 g/mol. The third-order valence-corrected chi connectivity index (χ3v) is 7.85. The maximum atomic E-state index is 13.1. The van der Waals surface area contributed by atoms with Crippen LogP contribution in [0.25, 0.3) is 28.2 Å². The summed E-state index contributed by atoms with van der Waals surface area (Å²) in [7, 11) is -3.79. The number of aliphatic hydroxyl groups is 1. The lowest BCUT2D eigenvalue weighted by Gasteiger charge is -2.34. The lowest BCUT2D eigenvalue weighted by Crippen LogP contribution is -2.53. The zero-order valence-electron chi connectivity index (χ0n) is 19.5. The molecule has 186 valence electrons. The average molecular weight is 502 g/mol. The molecule has 13 heteroatoms. The van der Waals surface area contributed by atoms with Gasteiger partial charge in [0.15, 0.2) is 11.3 Å². The summed E-state index contributed by atoms with van der Waals surface area (Å²) >= 11 is 0. The molecule has 35 heavy (non-hydrogen) atoms. The van der Waals surface area contributed by atoms with Crippen molar-refractivity contribution in [3.63, 3.8) is 0 Å². The van der Waals surface area contributed by atoms with Gasteiger partial charge < -0.3 is 14.8 Å². The zero-order valence-corrected chi connectivity index (χ0v) is 20.3.